The summed E-state index contributed by atoms with van der Waals surface area (Å²) in [6, 6.07) is 9.25. The van der Waals surface area contributed by atoms with Gasteiger partial charge in [0.05, 0.1) is 24.1 Å². The molecule has 1 N–H and O–H groups in total. The molecule has 0 unspecified atom stereocenters. The van der Waals surface area contributed by atoms with Gasteiger partial charge in [-0.25, -0.2) is 18.4 Å². The number of fused-ring (bicyclic) bond motifs is 1. The average molecular weight is 391 g/mol. The van der Waals surface area contributed by atoms with Crippen molar-refractivity contribution in [2.75, 3.05) is 0 Å². The molecule has 0 atom stereocenters. The minimum absolute atomic E-state index is 0.133. The van der Waals surface area contributed by atoms with Crippen LogP contribution in [0.3, 0.4) is 0 Å². The second kappa shape index (κ2) is 6.62. The molecular weight excluding hydrogens is 376 g/mol. The molecule has 7 nitrogen and oxygen atoms in total. The molecule has 0 radical (unpaired) electrons. The van der Waals surface area contributed by atoms with Crippen molar-refractivity contribution in [1.82, 2.24) is 34.7 Å². The van der Waals surface area contributed by atoms with E-state index in [9.17, 15) is 8.78 Å². The topological polar surface area (TPSA) is 77.2 Å². The van der Waals surface area contributed by atoms with Crippen molar-refractivity contribution in [2.24, 2.45) is 7.05 Å². The van der Waals surface area contributed by atoms with Gasteiger partial charge in [-0.15, -0.1) is 0 Å². The molecule has 3 heterocycles. The molecule has 0 bridgehead atoms. The van der Waals surface area contributed by atoms with Crippen molar-refractivity contribution in [1.29, 1.82) is 0 Å². The molecule has 5 aromatic rings. The molecule has 0 aliphatic carbocycles. The summed E-state index contributed by atoms with van der Waals surface area (Å²) in [5, 5.41) is 16.7. The summed E-state index contributed by atoms with van der Waals surface area (Å²) >= 11 is 0. The van der Waals surface area contributed by atoms with Gasteiger partial charge >= 0.3 is 0 Å². The molecule has 29 heavy (non-hydrogen) atoms. The standard InChI is InChI=1S/C20H15F2N7/c1-28-11-14(9-24-28)29-20(15-3-2-4-18-16(15)10-23-26-18)25-19(27-29)7-12-5-6-13(21)8-17(12)22/h2-6,8-11H,7H2,1H3,(H,23,26). The van der Waals surface area contributed by atoms with Crippen molar-refractivity contribution in [3.05, 3.63) is 78.0 Å². The molecule has 9 heteroatoms. The minimum atomic E-state index is -0.624. The summed E-state index contributed by atoms with van der Waals surface area (Å²) in [7, 11) is 1.81. The number of benzene rings is 2. The third kappa shape index (κ3) is 3.06. The largest absolute Gasteiger partial charge is 0.278 e. The van der Waals surface area contributed by atoms with Crippen LogP contribution in [0.5, 0.6) is 0 Å². The normalized spacial score (nSPS) is 11.4. The van der Waals surface area contributed by atoms with Crippen LogP contribution in [0.2, 0.25) is 0 Å². The number of aromatic amines is 1. The van der Waals surface area contributed by atoms with Gasteiger partial charge in [0.1, 0.15) is 17.3 Å². The van der Waals surface area contributed by atoms with Crippen LogP contribution in [-0.2, 0) is 13.5 Å². The van der Waals surface area contributed by atoms with Crippen molar-refractivity contribution < 1.29 is 8.78 Å². The molecule has 2 aromatic carbocycles. The Hall–Kier alpha value is -3.88. The molecule has 0 amide bonds. The fraction of sp³-hybridized carbons (Fsp3) is 0.100. The maximum Gasteiger partial charge on any atom is 0.164 e. The highest BCUT2D eigenvalue weighted by molar-refractivity contribution is 5.92. The number of aryl methyl sites for hydroxylation is 1. The van der Waals surface area contributed by atoms with E-state index in [-0.39, 0.29) is 6.42 Å². The van der Waals surface area contributed by atoms with Crippen LogP contribution < -0.4 is 0 Å². The molecule has 0 saturated heterocycles. The van der Waals surface area contributed by atoms with Gasteiger partial charge in [0, 0.05) is 30.5 Å². The number of rotatable bonds is 4. The monoisotopic (exact) mass is 391 g/mol. The van der Waals surface area contributed by atoms with Crippen LogP contribution in [0.15, 0.2) is 55.0 Å². The van der Waals surface area contributed by atoms with Crippen LogP contribution in [0.4, 0.5) is 8.78 Å². The lowest BCUT2D eigenvalue weighted by Gasteiger charge is -2.04. The van der Waals surface area contributed by atoms with Crippen molar-refractivity contribution >= 4 is 10.9 Å². The zero-order valence-corrected chi connectivity index (χ0v) is 15.3. The number of nitrogens with zero attached hydrogens (tertiary/aromatic N) is 6. The SMILES string of the molecule is Cn1cc(-n2nc(Cc3ccc(F)cc3F)nc2-c2cccc3[nH]ncc23)cn1. The van der Waals surface area contributed by atoms with E-state index in [2.05, 4.69) is 25.4 Å². The Balaban J connectivity index is 1.66. The van der Waals surface area contributed by atoms with Crippen LogP contribution in [0.25, 0.3) is 28.0 Å². The summed E-state index contributed by atoms with van der Waals surface area (Å²) < 4.78 is 30.7. The van der Waals surface area contributed by atoms with Crippen molar-refractivity contribution in [2.45, 2.75) is 6.42 Å². The quantitative estimate of drug-likeness (QED) is 0.509. The Kier molecular flexibility index (Phi) is 3.94. The molecular formula is C20H15F2N7. The van der Waals surface area contributed by atoms with E-state index in [1.165, 1.54) is 12.1 Å². The number of aromatic nitrogens is 7. The molecule has 144 valence electrons. The van der Waals surface area contributed by atoms with Crippen LogP contribution in [0.1, 0.15) is 11.4 Å². The zero-order valence-electron chi connectivity index (χ0n) is 15.3. The van der Waals surface area contributed by atoms with Crippen LogP contribution in [-0.4, -0.2) is 34.7 Å². The van der Waals surface area contributed by atoms with E-state index in [4.69, 9.17) is 0 Å². The van der Waals surface area contributed by atoms with Gasteiger partial charge in [-0.2, -0.15) is 15.3 Å². The Labute approximate surface area is 163 Å². The zero-order chi connectivity index (χ0) is 20.0. The van der Waals surface area contributed by atoms with E-state index in [0.717, 1.165) is 28.2 Å². The highest BCUT2D eigenvalue weighted by Crippen LogP contribution is 2.28. The third-order valence-corrected chi connectivity index (χ3v) is 4.68. The Morgan fingerprint density at radius 1 is 1.10 bits per heavy atom. The molecule has 0 fully saturated rings. The average Bonchev–Trinajstić information content (AvgIpc) is 3.42. The summed E-state index contributed by atoms with van der Waals surface area (Å²) in [4.78, 5) is 4.67. The molecule has 0 aliphatic heterocycles. The summed E-state index contributed by atoms with van der Waals surface area (Å²) in [6.45, 7) is 0. The highest BCUT2D eigenvalue weighted by Gasteiger charge is 2.18. The number of hydrogen-bond acceptors (Lipinski definition) is 4. The van der Waals surface area contributed by atoms with E-state index in [0.29, 0.717) is 17.2 Å². The van der Waals surface area contributed by atoms with E-state index >= 15 is 0 Å². The van der Waals surface area contributed by atoms with Gasteiger partial charge in [0.15, 0.2) is 11.6 Å². The highest BCUT2D eigenvalue weighted by atomic mass is 19.1. The third-order valence-electron chi connectivity index (χ3n) is 4.68. The first kappa shape index (κ1) is 17.2. The van der Waals surface area contributed by atoms with Gasteiger partial charge in [0.2, 0.25) is 0 Å². The Morgan fingerprint density at radius 3 is 2.79 bits per heavy atom. The first-order chi connectivity index (χ1) is 14.1. The van der Waals surface area contributed by atoms with Gasteiger partial charge in [0.25, 0.3) is 0 Å². The summed E-state index contributed by atoms with van der Waals surface area (Å²) in [6.07, 6.45) is 5.35. The predicted molar refractivity (Wildman–Crippen MR) is 102 cm³/mol. The number of nitrogens with one attached hydrogen (secondary N) is 1. The van der Waals surface area contributed by atoms with Crippen LogP contribution in [0, 0.1) is 11.6 Å². The van der Waals surface area contributed by atoms with Gasteiger partial charge in [-0.3, -0.25) is 9.78 Å². The van der Waals surface area contributed by atoms with Crippen LogP contribution >= 0.6 is 0 Å². The van der Waals surface area contributed by atoms with Gasteiger partial charge < -0.3 is 0 Å². The predicted octanol–water partition coefficient (Wildman–Crippen LogP) is 3.41. The lowest BCUT2D eigenvalue weighted by Crippen LogP contribution is -2.00. The van der Waals surface area contributed by atoms with E-state index in [1.54, 1.807) is 21.8 Å². The first-order valence-electron chi connectivity index (χ1n) is 8.90. The molecule has 0 aliphatic rings. The van der Waals surface area contributed by atoms with E-state index in [1.807, 2.05) is 31.4 Å². The smallest absolute Gasteiger partial charge is 0.164 e. The number of halogens is 2. The van der Waals surface area contributed by atoms with Crippen molar-refractivity contribution in [3.8, 4) is 17.1 Å². The maximum atomic E-state index is 14.1. The molecule has 0 spiro atoms. The Bertz CT molecular complexity index is 1330. The first-order valence-corrected chi connectivity index (χ1v) is 8.90. The van der Waals surface area contributed by atoms with Gasteiger partial charge in [-0.05, 0) is 17.7 Å². The van der Waals surface area contributed by atoms with Gasteiger partial charge in [-0.1, -0.05) is 18.2 Å². The fourth-order valence-corrected chi connectivity index (χ4v) is 3.30. The lowest BCUT2D eigenvalue weighted by atomic mass is 10.1. The lowest BCUT2D eigenvalue weighted by molar-refractivity contribution is 0.573. The number of H-pyrrole nitrogens is 1. The second-order valence-electron chi connectivity index (χ2n) is 6.68. The van der Waals surface area contributed by atoms with E-state index < -0.39 is 11.6 Å². The summed E-state index contributed by atoms with van der Waals surface area (Å²) in [5.41, 5.74) is 2.75. The minimum Gasteiger partial charge on any atom is -0.278 e. The molecule has 5 rings (SSSR count). The number of hydrogen-bond donors (Lipinski definition) is 1. The van der Waals surface area contributed by atoms with Crippen molar-refractivity contribution in [3.63, 3.8) is 0 Å². The maximum absolute atomic E-state index is 14.1. The second-order valence-corrected chi connectivity index (χ2v) is 6.68. The molecule has 0 saturated carbocycles. The molecule has 3 aromatic heterocycles. The Morgan fingerprint density at radius 2 is 2.00 bits per heavy atom. The summed E-state index contributed by atoms with van der Waals surface area (Å²) in [5.74, 6) is -0.244. The fourth-order valence-electron chi connectivity index (χ4n) is 3.30.